The van der Waals surface area contributed by atoms with Crippen molar-refractivity contribution < 1.29 is 34.4 Å². The molecule has 160 valence electrons. The van der Waals surface area contributed by atoms with Gasteiger partial charge in [0.05, 0.1) is 15.5 Å². The summed E-state index contributed by atoms with van der Waals surface area (Å²) in [6, 6.07) is 10.9. The number of alkyl halides is 3. The monoisotopic (exact) mass is 461 g/mol. The van der Waals surface area contributed by atoms with Crippen molar-refractivity contribution in [3.05, 3.63) is 66.1 Å². The Balaban J connectivity index is 2.31. The Morgan fingerprint density at radius 3 is 1.87 bits per heavy atom. The largest absolute Gasteiger partial charge is 0.501 e. The van der Waals surface area contributed by atoms with E-state index in [-0.39, 0.29) is 27.5 Å². The molecule has 0 spiro atoms. The third-order valence-corrected chi connectivity index (χ3v) is 7.19. The molecular formula is C19H15F4NO4S2. The molecule has 0 fully saturated rings. The average Bonchev–Trinajstić information content (AvgIpc) is 2.99. The number of halogens is 4. The molecule has 0 aliphatic carbocycles. The van der Waals surface area contributed by atoms with Crippen LogP contribution in [-0.4, -0.2) is 33.2 Å². The lowest BCUT2D eigenvalue weighted by Gasteiger charge is -2.13. The molecule has 0 amide bonds. The van der Waals surface area contributed by atoms with Gasteiger partial charge in [-0.05, 0) is 55.0 Å². The number of rotatable bonds is 4. The Morgan fingerprint density at radius 2 is 1.40 bits per heavy atom. The van der Waals surface area contributed by atoms with E-state index in [2.05, 4.69) is 0 Å². The van der Waals surface area contributed by atoms with Gasteiger partial charge in [-0.15, -0.1) is 0 Å². The summed E-state index contributed by atoms with van der Waals surface area (Å²) in [7, 11) is -9.16. The summed E-state index contributed by atoms with van der Waals surface area (Å²) in [5, 5.41) is 0. The van der Waals surface area contributed by atoms with Crippen LogP contribution in [0.4, 0.5) is 17.6 Å². The first kappa shape index (κ1) is 22.0. The summed E-state index contributed by atoms with van der Waals surface area (Å²) in [5.74, 6) is -0.578. The minimum absolute atomic E-state index is 0.00834. The van der Waals surface area contributed by atoms with Crippen molar-refractivity contribution in [2.45, 2.75) is 22.2 Å². The molecule has 3 aromatic rings. The molecule has 2 aromatic carbocycles. The van der Waals surface area contributed by atoms with Crippen molar-refractivity contribution in [3.8, 4) is 16.9 Å². The van der Waals surface area contributed by atoms with E-state index < -0.39 is 35.9 Å². The van der Waals surface area contributed by atoms with E-state index in [1.807, 2.05) is 0 Å². The van der Waals surface area contributed by atoms with Crippen LogP contribution in [-0.2, 0) is 19.7 Å². The highest BCUT2D eigenvalue weighted by atomic mass is 32.2. The molecule has 0 bridgehead atoms. The smallest absolute Gasteiger partial charge is 0.313 e. The second kappa shape index (κ2) is 7.24. The predicted octanol–water partition coefficient (Wildman–Crippen LogP) is 4.29. The molecule has 0 N–H and O–H groups in total. The van der Waals surface area contributed by atoms with E-state index in [4.69, 9.17) is 0 Å². The topological polar surface area (TPSA) is 73.2 Å². The summed E-state index contributed by atoms with van der Waals surface area (Å²) < 4.78 is 102. The first-order chi connectivity index (χ1) is 13.7. The van der Waals surface area contributed by atoms with Crippen LogP contribution in [0.1, 0.15) is 5.69 Å². The van der Waals surface area contributed by atoms with E-state index in [9.17, 15) is 34.4 Å². The summed E-state index contributed by atoms with van der Waals surface area (Å²) in [6.07, 6.45) is 1.00. The van der Waals surface area contributed by atoms with E-state index in [1.165, 1.54) is 47.9 Å². The third-order valence-electron chi connectivity index (χ3n) is 4.46. The maximum absolute atomic E-state index is 13.3. The van der Waals surface area contributed by atoms with Crippen molar-refractivity contribution in [1.29, 1.82) is 0 Å². The third kappa shape index (κ3) is 3.86. The SMILES string of the molecule is Cc1c(S(=O)(=O)C(F)(F)F)cc(-c2ccc(S(C)(=O)=O)cc2)n1-c1ccc(F)cc1. The van der Waals surface area contributed by atoms with Gasteiger partial charge >= 0.3 is 5.51 Å². The zero-order chi connectivity index (χ0) is 22.5. The quantitative estimate of drug-likeness (QED) is 0.544. The van der Waals surface area contributed by atoms with Crippen LogP contribution < -0.4 is 0 Å². The van der Waals surface area contributed by atoms with Crippen LogP contribution >= 0.6 is 0 Å². The van der Waals surface area contributed by atoms with Crippen LogP contribution in [0, 0.1) is 12.7 Å². The minimum Gasteiger partial charge on any atom is -0.313 e. The molecule has 0 saturated heterocycles. The molecule has 0 atom stereocenters. The normalized spacial score (nSPS) is 12.9. The predicted molar refractivity (Wildman–Crippen MR) is 102 cm³/mol. The second-order valence-corrected chi connectivity index (χ2v) is 10.5. The molecular weight excluding hydrogens is 446 g/mol. The molecule has 11 heteroatoms. The summed E-state index contributed by atoms with van der Waals surface area (Å²) in [6.45, 7) is 1.20. The molecule has 1 heterocycles. The van der Waals surface area contributed by atoms with Gasteiger partial charge in [-0.1, -0.05) is 12.1 Å². The van der Waals surface area contributed by atoms with Crippen molar-refractivity contribution in [2.75, 3.05) is 6.26 Å². The molecule has 0 aliphatic rings. The van der Waals surface area contributed by atoms with E-state index in [0.717, 1.165) is 24.5 Å². The maximum atomic E-state index is 13.3. The highest BCUT2D eigenvalue weighted by Crippen LogP contribution is 2.38. The highest BCUT2D eigenvalue weighted by Gasteiger charge is 2.48. The fourth-order valence-electron chi connectivity index (χ4n) is 2.99. The van der Waals surface area contributed by atoms with Crippen LogP contribution in [0.25, 0.3) is 16.9 Å². The van der Waals surface area contributed by atoms with Crippen LogP contribution in [0.3, 0.4) is 0 Å². The van der Waals surface area contributed by atoms with E-state index in [1.54, 1.807) is 0 Å². The van der Waals surface area contributed by atoms with Gasteiger partial charge < -0.3 is 4.57 Å². The molecule has 0 aliphatic heterocycles. The summed E-state index contributed by atoms with van der Waals surface area (Å²) in [5.41, 5.74) is -5.15. The number of hydrogen-bond donors (Lipinski definition) is 0. The van der Waals surface area contributed by atoms with E-state index >= 15 is 0 Å². The lowest BCUT2D eigenvalue weighted by Crippen LogP contribution is -2.23. The highest BCUT2D eigenvalue weighted by molar-refractivity contribution is 7.92. The van der Waals surface area contributed by atoms with Gasteiger partial charge in [-0.2, -0.15) is 13.2 Å². The standard InChI is InChI=1S/C19H15F4NO4S2/c1-12-18(30(27,28)19(21,22)23)11-17(24(12)15-7-5-14(20)6-8-15)13-3-9-16(10-4-13)29(2,25)26/h3-11H,1-2H3. The summed E-state index contributed by atoms with van der Waals surface area (Å²) >= 11 is 0. The lowest BCUT2D eigenvalue weighted by molar-refractivity contribution is -0.0436. The van der Waals surface area contributed by atoms with Gasteiger partial charge in [0.2, 0.25) is 0 Å². The lowest BCUT2D eigenvalue weighted by atomic mass is 10.1. The molecule has 0 radical (unpaired) electrons. The van der Waals surface area contributed by atoms with Gasteiger partial charge in [0.25, 0.3) is 9.84 Å². The summed E-state index contributed by atoms with van der Waals surface area (Å²) in [4.78, 5) is -0.951. The Labute approximate surface area is 170 Å². The van der Waals surface area contributed by atoms with Crippen molar-refractivity contribution in [2.24, 2.45) is 0 Å². The zero-order valence-corrected chi connectivity index (χ0v) is 17.2. The Morgan fingerprint density at radius 1 is 0.867 bits per heavy atom. The number of hydrogen-bond acceptors (Lipinski definition) is 4. The van der Waals surface area contributed by atoms with Gasteiger partial charge in [-0.25, -0.2) is 21.2 Å². The van der Waals surface area contributed by atoms with Gasteiger partial charge in [0.1, 0.15) is 5.82 Å². The fraction of sp³-hybridized carbons (Fsp3) is 0.158. The first-order valence-corrected chi connectivity index (χ1v) is 11.7. The van der Waals surface area contributed by atoms with Crippen molar-refractivity contribution in [3.63, 3.8) is 0 Å². The number of sulfone groups is 2. The van der Waals surface area contributed by atoms with Crippen molar-refractivity contribution in [1.82, 2.24) is 4.57 Å². The van der Waals surface area contributed by atoms with Crippen LogP contribution in [0.15, 0.2) is 64.4 Å². The number of benzene rings is 2. The first-order valence-electron chi connectivity index (χ1n) is 8.33. The van der Waals surface area contributed by atoms with Gasteiger partial charge in [-0.3, -0.25) is 0 Å². The molecule has 30 heavy (non-hydrogen) atoms. The molecule has 0 saturated carbocycles. The molecule has 5 nitrogen and oxygen atoms in total. The van der Waals surface area contributed by atoms with Crippen LogP contribution in [0.2, 0.25) is 0 Å². The molecule has 3 rings (SSSR count). The molecule has 1 aromatic heterocycles. The second-order valence-electron chi connectivity index (χ2n) is 6.54. The zero-order valence-electron chi connectivity index (χ0n) is 15.6. The van der Waals surface area contributed by atoms with E-state index in [0.29, 0.717) is 0 Å². The Bertz CT molecular complexity index is 1310. The van der Waals surface area contributed by atoms with Crippen molar-refractivity contribution >= 4 is 19.7 Å². The van der Waals surface area contributed by atoms with Crippen LogP contribution in [0.5, 0.6) is 0 Å². The number of aromatic nitrogens is 1. The van der Waals surface area contributed by atoms with Gasteiger partial charge in [0.15, 0.2) is 9.84 Å². The average molecular weight is 461 g/mol. The Kier molecular flexibility index (Phi) is 5.32. The minimum atomic E-state index is -5.66. The van der Waals surface area contributed by atoms with Gasteiger partial charge in [0, 0.05) is 17.6 Å². The number of nitrogens with zero attached hydrogens (tertiary/aromatic N) is 1. The fourth-order valence-corrected chi connectivity index (χ4v) is 4.62. The molecule has 0 unspecified atom stereocenters. The maximum Gasteiger partial charge on any atom is 0.501 e. The Hall–Kier alpha value is -2.66.